The fourth-order valence-electron chi connectivity index (χ4n) is 2.14. The van der Waals surface area contributed by atoms with Crippen molar-refractivity contribution in [2.24, 2.45) is 5.92 Å². The van der Waals surface area contributed by atoms with Crippen molar-refractivity contribution in [1.29, 1.82) is 0 Å². The average molecular weight is 261 g/mol. The molecular formula is C16H23NO2. The Labute approximate surface area is 115 Å². The second-order valence-electron chi connectivity index (χ2n) is 5.08. The van der Waals surface area contributed by atoms with Gasteiger partial charge in [0.1, 0.15) is 5.75 Å². The van der Waals surface area contributed by atoms with E-state index in [2.05, 4.69) is 0 Å². The maximum absolute atomic E-state index is 12.1. The minimum atomic E-state index is 0.0922. The molecule has 1 amide bonds. The zero-order valence-electron chi connectivity index (χ0n) is 11.9. The van der Waals surface area contributed by atoms with Gasteiger partial charge in [-0.2, -0.15) is 0 Å². The van der Waals surface area contributed by atoms with E-state index in [9.17, 15) is 4.79 Å². The molecule has 104 valence electrons. The summed E-state index contributed by atoms with van der Waals surface area (Å²) in [5.74, 6) is 1.84. The molecule has 0 unspecified atom stereocenters. The summed E-state index contributed by atoms with van der Waals surface area (Å²) in [6.45, 7) is 6.27. The molecule has 1 fully saturated rings. The van der Waals surface area contributed by atoms with Crippen LogP contribution in [0.5, 0.6) is 5.75 Å². The third-order valence-electron chi connectivity index (χ3n) is 3.64. The number of amides is 1. The summed E-state index contributed by atoms with van der Waals surface area (Å²) >= 11 is 0. The first-order valence-electron chi connectivity index (χ1n) is 7.26. The van der Waals surface area contributed by atoms with Crippen molar-refractivity contribution in [2.75, 3.05) is 19.7 Å². The van der Waals surface area contributed by atoms with Gasteiger partial charge in [0.15, 0.2) is 0 Å². The SMILES string of the molecule is CCN(CC)C(=O)c1ccc(OCCC2CC2)cc1. The third-order valence-corrected chi connectivity index (χ3v) is 3.64. The van der Waals surface area contributed by atoms with E-state index in [-0.39, 0.29) is 5.91 Å². The lowest BCUT2D eigenvalue weighted by atomic mass is 10.2. The molecule has 0 saturated heterocycles. The van der Waals surface area contributed by atoms with Gasteiger partial charge in [-0.1, -0.05) is 12.8 Å². The molecule has 3 heteroatoms. The smallest absolute Gasteiger partial charge is 0.253 e. The van der Waals surface area contributed by atoms with Gasteiger partial charge in [0, 0.05) is 18.7 Å². The average Bonchev–Trinajstić information content (AvgIpc) is 3.25. The molecule has 3 nitrogen and oxygen atoms in total. The van der Waals surface area contributed by atoms with Crippen molar-refractivity contribution in [2.45, 2.75) is 33.1 Å². The summed E-state index contributed by atoms with van der Waals surface area (Å²) in [4.78, 5) is 13.9. The van der Waals surface area contributed by atoms with Crippen LogP contribution in [0.15, 0.2) is 24.3 Å². The van der Waals surface area contributed by atoms with Crippen LogP contribution in [-0.2, 0) is 0 Å². The van der Waals surface area contributed by atoms with Crippen LogP contribution >= 0.6 is 0 Å². The first-order valence-corrected chi connectivity index (χ1v) is 7.26. The van der Waals surface area contributed by atoms with Crippen molar-refractivity contribution < 1.29 is 9.53 Å². The van der Waals surface area contributed by atoms with Crippen LogP contribution in [0.4, 0.5) is 0 Å². The van der Waals surface area contributed by atoms with Gasteiger partial charge in [0.25, 0.3) is 5.91 Å². The molecule has 0 heterocycles. The lowest BCUT2D eigenvalue weighted by Gasteiger charge is -2.18. The van der Waals surface area contributed by atoms with Gasteiger partial charge in [-0.3, -0.25) is 4.79 Å². The minimum Gasteiger partial charge on any atom is -0.494 e. The zero-order chi connectivity index (χ0) is 13.7. The number of carbonyl (C=O) groups excluding carboxylic acids is 1. The van der Waals surface area contributed by atoms with Gasteiger partial charge >= 0.3 is 0 Å². The Bertz CT molecular complexity index is 405. The molecule has 19 heavy (non-hydrogen) atoms. The molecule has 2 rings (SSSR count). The molecule has 0 N–H and O–H groups in total. The predicted molar refractivity (Wildman–Crippen MR) is 76.5 cm³/mol. The highest BCUT2D eigenvalue weighted by molar-refractivity contribution is 5.94. The largest absolute Gasteiger partial charge is 0.494 e. The van der Waals surface area contributed by atoms with Crippen LogP contribution in [-0.4, -0.2) is 30.5 Å². The molecule has 1 aromatic carbocycles. The summed E-state index contributed by atoms with van der Waals surface area (Å²) in [7, 11) is 0. The number of ether oxygens (including phenoxy) is 1. The van der Waals surface area contributed by atoms with Gasteiger partial charge in [-0.25, -0.2) is 0 Å². The monoisotopic (exact) mass is 261 g/mol. The third kappa shape index (κ3) is 3.98. The Balaban J connectivity index is 1.87. The Kier molecular flexibility index (Phi) is 4.83. The van der Waals surface area contributed by atoms with Gasteiger partial charge in [-0.15, -0.1) is 0 Å². The predicted octanol–water partition coefficient (Wildman–Crippen LogP) is 3.35. The van der Waals surface area contributed by atoms with E-state index in [4.69, 9.17) is 4.74 Å². The topological polar surface area (TPSA) is 29.5 Å². The van der Waals surface area contributed by atoms with Crippen LogP contribution in [0.1, 0.15) is 43.5 Å². The normalized spacial score (nSPS) is 14.2. The number of rotatable bonds is 7. The first kappa shape index (κ1) is 13.9. The molecular weight excluding hydrogens is 238 g/mol. The molecule has 1 aliphatic carbocycles. The van der Waals surface area contributed by atoms with Gasteiger partial charge in [0.2, 0.25) is 0 Å². The number of hydrogen-bond donors (Lipinski definition) is 0. The molecule has 1 aliphatic rings. The molecule has 0 atom stereocenters. The van der Waals surface area contributed by atoms with Crippen LogP contribution in [0.3, 0.4) is 0 Å². The molecule has 1 aromatic rings. The first-order chi connectivity index (χ1) is 9.24. The summed E-state index contributed by atoms with van der Waals surface area (Å²) < 4.78 is 5.68. The number of benzene rings is 1. The summed E-state index contributed by atoms with van der Waals surface area (Å²) in [5.41, 5.74) is 0.734. The lowest BCUT2D eigenvalue weighted by molar-refractivity contribution is 0.0773. The zero-order valence-corrected chi connectivity index (χ0v) is 11.9. The Morgan fingerprint density at radius 3 is 2.37 bits per heavy atom. The van der Waals surface area contributed by atoms with Gasteiger partial charge in [-0.05, 0) is 50.5 Å². The fourth-order valence-corrected chi connectivity index (χ4v) is 2.14. The summed E-state index contributed by atoms with van der Waals surface area (Å²) in [6.07, 6.45) is 3.88. The van der Waals surface area contributed by atoms with E-state index in [0.717, 1.165) is 43.3 Å². The Morgan fingerprint density at radius 2 is 1.84 bits per heavy atom. The molecule has 0 aromatic heterocycles. The van der Waals surface area contributed by atoms with Crippen molar-refractivity contribution in [3.63, 3.8) is 0 Å². The highest BCUT2D eigenvalue weighted by atomic mass is 16.5. The van der Waals surface area contributed by atoms with E-state index in [1.807, 2.05) is 43.0 Å². The van der Waals surface area contributed by atoms with E-state index in [1.54, 1.807) is 0 Å². The van der Waals surface area contributed by atoms with Crippen LogP contribution in [0, 0.1) is 5.92 Å². The van der Waals surface area contributed by atoms with Gasteiger partial charge < -0.3 is 9.64 Å². The van der Waals surface area contributed by atoms with Crippen molar-refractivity contribution in [3.8, 4) is 5.75 Å². The summed E-state index contributed by atoms with van der Waals surface area (Å²) in [5, 5.41) is 0. The maximum atomic E-state index is 12.1. The maximum Gasteiger partial charge on any atom is 0.253 e. The molecule has 1 saturated carbocycles. The highest BCUT2D eigenvalue weighted by Gasteiger charge is 2.20. The molecule has 0 radical (unpaired) electrons. The number of hydrogen-bond acceptors (Lipinski definition) is 2. The van der Waals surface area contributed by atoms with E-state index in [1.165, 1.54) is 12.8 Å². The standard InChI is InChI=1S/C16H23NO2/c1-3-17(4-2)16(18)14-7-9-15(10-8-14)19-12-11-13-5-6-13/h7-10,13H,3-6,11-12H2,1-2H3. The Hall–Kier alpha value is -1.51. The van der Waals surface area contributed by atoms with E-state index in [0.29, 0.717) is 0 Å². The second kappa shape index (κ2) is 6.60. The minimum absolute atomic E-state index is 0.0922. The Morgan fingerprint density at radius 1 is 1.21 bits per heavy atom. The van der Waals surface area contributed by atoms with Crippen molar-refractivity contribution in [3.05, 3.63) is 29.8 Å². The molecule has 0 aliphatic heterocycles. The lowest BCUT2D eigenvalue weighted by Crippen LogP contribution is -2.30. The number of carbonyl (C=O) groups is 1. The van der Waals surface area contributed by atoms with Gasteiger partial charge in [0.05, 0.1) is 6.61 Å². The van der Waals surface area contributed by atoms with Crippen molar-refractivity contribution in [1.82, 2.24) is 4.90 Å². The fraction of sp³-hybridized carbons (Fsp3) is 0.562. The van der Waals surface area contributed by atoms with E-state index < -0.39 is 0 Å². The molecule has 0 spiro atoms. The summed E-state index contributed by atoms with van der Waals surface area (Å²) in [6, 6.07) is 7.49. The highest BCUT2D eigenvalue weighted by Crippen LogP contribution is 2.32. The number of nitrogens with zero attached hydrogens (tertiary/aromatic N) is 1. The van der Waals surface area contributed by atoms with E-state index >= 15 is 0 Å². The van der Waals surface area contributed by atoms with Crippen LogP contribution < -0.4 is 4.74 Å². The molecule has 0 bridgehead atoms. The van der Waals surface area contributed by atoms with Crippen molar-refractivity contribution >= 4 is 5.91 Å². The van der Waals surface area contributed by atoms with Crippen LogP contribution in [0.2, 0.25) is 0 Å². The van der Waals surface area contributed by atoms with Crippen LogP contribution in [0.25, 0.3) is 0 Å². The second-order valence-corrected chi connectivity index (χ2v) is 5.08. The quantitative estimate of drug-likeness (QED) is 0.753.